The molecule has 0 saturated carbocycles. The number of nitrogens with zero attached hydrogens (tertiary/aromatic N) is 2. The Balaban J connectivity index is 1.24. The number of unbranched alkanes of at least 4 members (excludes halogenated alkanes) is 4. The number of carbonyl (C=O) groups is 1. The molecule has 0 amide bonds. The Hall–Kier alpha value is -3.64. The van der Waals surface area contributed by atoms with Crippen molar-refractivity contribution in [3.05, 3.63) is 75.8 Å². The zero-order valence-corrected chi connectivity index (χ0v) is 24.9. The van der Waals surface area contributed by atoms with Crippen molar-refractivity contribution in [3.63, 3.8) is 0 Å². The SMILES string of the molecule is CCOC(=O)Cn1c(O)cn(-c2cccc(CCCCOCCCCCCNC[C@H](O)c3ccc(O)c(CO)c3)c2)c1=O. The number of hydrogen-bond donors (Lipinski definition) is 5. The number of benzene rings is 2. The summed E-state index contributed by atoms with van der Waals surface area (Å²) in [5.74, 6) is -0.850. The van der Waals surface area contributed by atoms with E-state index in [2.05, 4.69) is 5.32 Å². The fourth-order valence-corrected chi connectivity index (χ4v) is 4.74. The molecular formula is C32H45N3O8. The Labute approximate surface area is 252 Å². The summed E-state index contributed by atoms with van der Waals surface area (Å²) in [5.41, 5.74) is 2.26. The lowest BCUT2D eigenvalue weighted by Crippen LogP contribution is -2.27. The number of aryl methyl sites for hydroxylation is 1. The highest BCUT2D eigenvalue weighted by molar-refractivity contribution is 5.69. The van der Waals surface area contributed by atoms with Crippen molar-refractivity contribution in [1.29, 1.82) is 0 Å². The smallest absolute Gasteiger partial charge is 0.336 e. The van der Waals surface area contributed by atoms with Gasteiger partial charge in [0.05, 0.1) is 31.2 Å². The van der Waals surface area contributed by atoms with E-state index >= 15 is 0 Å². The molecule has 11 heteroatoms. The maximum absolute atomic E-state index is 12.7. The molecule has 0 unspecified atom stereocenters. The average molecular weight is 600 g/mol. The first-order valence-corrected chi connectivity index (χ1v) is 15.0. The maximum atomic E-state index is 12.7. The van der Waals surface area contributed by atoms with Gasteiger partial charge in [-0.1, -0.05) is 31.0 Å². The highest BCUT2D eigenvalue weighted by Gasteiger charge is 2.15. The predicted octanol–water partition coefficient (Wildman–Crippen LogP) is 3.33. The molecule has 236 valence electrons. The van der Waals surface area contributed by atoms with Crippen LogP contribution in [0.2, 0.25) is 0 Å². The van der Waals surface area contributed by atoms with Gasteiger partial charge in [0, 0.05) is 25.3 Å². The molecule has 11 nitrogen and oxygen atoms in total. The fraction of sp³-hybridized carbons (Fsp3) is 0.500. The third kappa shape index (κ3) is 10.9. The number of aliphatic hydroxyl groups excluding tert-OH is 2. The number of hydrogen-bond acceptors (Lipinski definition) is 9. The van der Waals surface area contributed by atoms with Gasteiger partial charge in [0.2, 0.25) is 5.88 Å². The third-order valence-corrected chi connectivity index (χ3v) is 7.13. The summed E-state index contributed by atoms with van der Waals surface area (Å²) in [6.07, 6.45) is 7.46. The van der Waals surface area contributed by atoms with E-state index in [1.807, 2.05) is 18.2 Å². The lowest BCUT2D eigenvalue weighted by atomic mass is 10.1. The third-order valence-electron chi connectivity index (χ3n) is 7.13. The highest BCUT2D eigenvalue weighted by Crippen LogP contribution is 2.22. The summed E-state index contributed by atoms with van der Waals surface area (Å²) in [6.45, 7) is 3.91. The average Bonchev–Trinajstić information content (AvgIpc) is 3.28. The number of aromatic hydroxyl groups is 2. The second-order valence-corrected chi connectivity index (χ2v) is 10.5. The molecule has 3 rings (SSSR count). The summed E-state index contributed by atoms with van der Waals surface area (Å²) in [4.78, 5) is 24.5. The Kier molecular flexibility index (Phi) is 14.3. The summed E-state index contributed by atoms with van der Waals surface area (Å²) in [7, 11) is 0. The second-order valence-electron chi connectivity index (χ2n) is 10.5. The number of nitrogens with one attached hydrogen (secondary N) is 1. The van der Waals surface area contributed by atoms with Gasteiger partial charge in [-0.05, 0) is 81.0 Å². The molecule has 1 atom stereocenters. The molecule has 0 aliphatic carbocycles. The molecule has 0 aliphatic rings. The Morgan fingerprint density at radius 2 is 1.77 bits per heavy atom. The zero-order valence-electron chi connectivity index (χ0n) is 24.9. The summed E-state index contributed by atoms with van der Waals surface area (Å²) in [5, 5.41) is 42.6. The minimum atomic E-state index is -0.695. The van der Waals surface area contributed by atoms with Gasteiger partial charge in [-0.2, -0.15) is 0 Å². The zero-order chi connectivity index (χ0) is 31.0. The van der Waals surface area contributed by atoms with Gasteiger partial charge < -0.3 is 35.2 Å². The molecule has 43 heavy (non-hydrogen) atoms. The van der Waals surface area contributed by atoms with E-state index in [1.165, 1.54) is 16.8 Å². The number of imidazole rings is 1. The number of carbonyl (C=O) groups excluding carboxylic acids is 1. The Morgan fingerprint density at radius 1 is 1.00 bits per heavy atom. The van der Waals surface area contributed by atoms with Gasteiger partial charge in [0.1, 0.15) is 12.3 Å². The number of rotatable bonds is 20. The molecule has 0 spiro atoms. The van der Waals surface area contributed by atoms with Gasteiger partial charge in [0.15, 0.2) is 0 Å². The molecular weight excluding hydrogens is 554 g/mol. The highest BCUT2D eigenvalue weighted by atomic mass is 16.5. The van der Waals surface area contributed by atoms with E-state index in [4.69, 9.17) is 9.47 Å². The lowest BCUT2D eigenvalue weighted by Gasteiger charge is -2.14. The van der Waals surface area contributed by atoms with Crippen LogP contribution in [0, 0.1) is 0 Å². The van der Waals surface area contributed by atoms with E-state index < -0.39 is 17.8 Å². The quantitative estimate of drug-likeness (QED) is 0.0971. The first-order valence-electron chi connectivity index (χ1n) is 15.0. The minimum absolute atomic E-state index is 0.0262. The van der Waals surface area contributed by atoms with Crippen LogP contribution in [0.1, 0.15) is 68.2 Å². The van der Waals surface area contributed by atoms with E-state index in [-0.39, 0.29) is 31.4 Å². The molecule has 0 aliphatic heterocycles. The molecule has 0 bridgehead atoms. The molecule has 1 heterocycles. The van der Waals surface area contributed by atoms with Crippen LogP contribution in [0.5, 0.6) is 11.6 Å². The van der Waals surface area contributed by atoms with E-state index in [0.29, 0.717) is 30.0 Å². The van der Waals surface area contributed by atoms with Crippen molar-refractivity contribution in [2.75, 3.05) is 32.9 Å². The number of esters is 1. The molecule has 5 N–H and O–H groups in total. The van der Waals surface area contributed by atoms with Crippen LogP contribution in [0.4, 0.5) is 0 Å². The van der Waals surface area contributed by atoms with Crippen molar-refractivity contribution in [1.82, 2.24) is 14.5 Å². The van der Waals surface area contributed by atoms with E-state index in [9.17, 15) is 30.0 Å². The van der Waals surface area contributed by atoms with Crippen molar-refractivity contribution in [3.8, 4) is 17.3 Å². The van der Waals surface area contributed by atoms with Crippen LogP contribution in [0.25, 0.3) is 5.69 Å². The minimum Gasteiger partial charge on any atom is -0.508 e. The van der Waals surface area contributed by atoms with Gasteiger partial charge in [0.25, 0.3) is 0 Å². The topological polar surface area (TPSA) is 155 Å². The molecule has 3 aromatic rings. The molecule has 1 aromatic heterocycles. The van der Waals surface area contributed by atoms with Crippen LogP contribution in [0.3, 0.4) is 0 Å². The maximum Gasteiger partial charge on any atom is 0.336 e. The first-order chi connectivity index (χ1) is 20.8. The summed E-state index contributed by atoms with van der Waals surface area (Å²) in [6, 6.07) is 12.3. The largest absolute Gasteiger partial charge is 0.508 e. The Bertz CT molecular complexity index is 1340. The molecule has 0 saturated heterocycles. The number of aromatic nitrogens is 2. The van der Waals surface area contributed by atoms with Crippen LogP contribution in [0.15, 0.2) is 53.5 Å². The Morgan fingerprint density at radius 3 is 2.53 bits per heavy atom. The molecule has 0 radical (unpaired) electrons. The predicted molar refractivity (Wildman–Crippen MR) is 162 cm³/mol. The van der Waals surface area contributed by atoms with Crippen molar-refractivity contribution in [2.24, 2.45) is 0 Å². The molecule has 0 fully saturated rings. The van der Waals surface area contributed by atoms with Crippen molar-refractivity contribution in [2.45, 2.75) is 71.1 Å². The molecule has 2 aromatic carbocycles. The van der Waals surface area contributed by atoms with Gasteiger partial charge in [-0.15, -0.1) is 0 Å². The van der Waals surface area contributed by atoms with Gasteiger partial charge in [-0.25, -0.2) is 4.79 Å². The normalized spacial score (nSPS) is 12.0. The second kappa shape index (κ2) is 18.1. The monoisotopic (exact) mass is 599 g/mol. The van der Waals surface area contributed by atoms with Crippen LogP contribution in [-0.4, -0.2) is 68.4 Å². The van der Waals surface area contributed by atoms with Crippen LogP contribution >= 0.6 is 0 Å². The van der Waals surface area contributed by atoms with Gasteiger partial charge in [-0.3, -0.25) is 13.9 Å². The fourth-order valence-electron chi connectivity index (χ4n) is 4.74. The van der Waals surface area contributed by atoms with E-state index in [1.54, 1.807) is 25.1 Å². The van der Waals surface area contributed by atoms with Crippen molar-refractivity contribution < 1.29 is 34.7 Å². The lowest BCUT2D eigenvalue weighted by molar-refractivity contribution is -0.143. The van der Waals surface area contributed by atoms with E-state index in [0.717, 1.165) is 68.2 Å². The van der Waals surface area contributed by atoms with Crippen LogP contribution in [-0.2, 0) is 33.8 Å². The van der Waals surface area contributed by atoms with Crippen molar-refractivity contribution >= 4 is 5.97 Å². The number of ether oxygens (including phenoxy) is 2. The standard InChI is InChI=1S/C32H45N3O8/c1-2-43-31(40)22-35-30(39)21-34(32(35)41)27-12-9-11-24(18-27)10-5-8-17-42-16-7-4-3-6-15-33-20-29(38)25-13-14-28(37)26(19-25)23-36/h9,11-14,18-19,21,29,33,36-39H,2-8,10,15-17,20,22-23H2,1H3/t29-/m0/s1. The first kappa shape index (κ1) is 33.9. The number of aliphatic hydroxyl groups is 2. The van der Waals surface area contributed by atoms with Crippen LogP contribution < -0.4 is 11.0 Å². The number of phenols is 1. The van der Waals surface area contributed by atoms with Gasteiger partial charge >= 0.3 is 11.7 Å². The summed E-state index contributed by atoms with van der Waals surface area (Å²) >= 11 is 0. The summed E-state index contributed by atoms with van der Waals surface area (Å²) < 4.78 is 13.0.